The second-order valence-corrected chi connectivity index (χ2v) is 4.01. The lowest BCUT2D eigenvalue weighted by atomic mass is 10.1. The molecule has 1 aliphatic carbocycles. The number of fused-ring (bicyclic) bond motifs is 1. The van der Waals surface area contributed by atoms with Gasteiger partial charge in [-0.15, -0.1) is 0 Å². The number of amides is 2. The zero-order valence-corrected chi connectivity index (χ0v) is 9.42. The number of carbonyl (C=O) groups excluding carboxylic acids is 1. The average molecular weight is 219 g/mol. The Balaban J connectivity index is 2.12. The van der Waals surface area contributed by atoms with E-state index >= 15 is 0 Å². The van der Waals surface area contributed by atoms with Crippen LogP contribution in [0.4, 0.5) is 10.5 Å². The number of hydrogen-bond donors (Lipinski definition) is 3. The van der Waals surface area contributed by atoms with E-state index in [9.17, 15) is 4.79 Å². The average Bonchev–Trinajstić information content (AvgIpc) is 2.64. The predicted octanol–water partition coefficient (Wildman–Crippen LogP) is 1.58. The molecule has 4 nitrogen and oxygen atoms in total. The first-order chi connectivity index (χ1) is 7.72. The fourth-order valence-corrected chi connectivity index (χ4v) is 2.20. The summed E-state index contributed by atoms with van der Waals surface area (Å²) in [4.78, 5) is 11.4. The Labute approximate surface area is 95.2 Å². The molecule has 4 heteroatoms. The van der Waals surface area contributed by atoms with Gasteiger partial charge in [0.05, 0.1) is 6.04 Å². The summed E-state index contributed by atoms with van der Waals surface area (Å²) in [5.74, 6) is 0. The summed E-state index contributed by atoms with van der Waals surface area (Å²) in [7, 11) is 0. The molecule has 0 bridgehead atoms. The normalized spacial score (nSPS) is 17.9. The first-order valence-corrected chi connectivity index (χ1v) is 5.64. The maximum absolute atomic E-state index is 11.4. The van der Waals surface area contributed by atoms with E-state index in [0.717, 1.165) is 24.1 Å². The van der Waals surface area contributed by atoms with Gasteiger partial charge in [-0.3, -0.25) is 0 Å². The summed E-state index contributed by atoms with van der Waals surface area (Å²) in [6, 6.07) is 5.88. The number of hydrogen-bond acceptors (Lipinski definition) is 2. The van der Waals surface area contributed by atoms with Crippen molar-refractivity contribution in [2.45, 2.75) is 25.8 Å². The smallest absolute Gasteiger partial charge is 0.315 e. The first kappa shape index (κ1) is 10.8. The summed E-state index contributed by atoms with van der Waals surface area (Å²) < 4.78 is 0. The second-order valence-electron chi connectivity index (χ2n) is 4.01. The SMILES string of the molecule is CCNC(=O)NC1CCc2c(N)cccc21. The molecule has 0 spiro atoms. The van der Waals surface area contributed by atoms with Crippen molar-refractivity contribution in [1.82, 2.24) is 10.6 Å². The van der Waals surface area contributed by atoms with Gasteiger partial charge in [-0.25, -0.2) is 4.79 Å². The quantitative estimate of drug-likeness (QED) is 0.661. The van der Waals surface area contributed by atoms with Crippen LogP contribution in [0.25, 0.3) is 0 Å². The first-order valence-electron chi connectivity index (χ1n) is 5.64. The highest BCUT2D eigenvalue weighted by Crippen LogP contribution is 2.34. The highest BCUT2D eigenvalue weighted by atomic mass is 16.2. The third kappa shape index (κ3) is 1.96. The Hall–Kier alpha value is -1.71. The number of nitrogen functional groups attached to an aromatic ring is 1. The topological polar surface area (TPSA) is 67.2 Å². The van der Waals surface area contributed by atoms with E-state index in [-0.39, 0.29) is 12.1 Å². The van der Waals surface area contributed by atoms with E-state index in [1.54, 1.807) is 0 Å². The van der Waals surface area contributed by atoms with Crippen molar-refractivity contribution in [2.75, 3.05) is 12.3 Å². The van der Waals surface area contributed by atoms with E-state index in [4.69, 9.17) is 5.73 Å². The summed E-state index contributed by atoms with van der Waals surface area (Å²) in [5, 5.41) is 5.69. The molecule has 0 aromatic heterocycles. The van der Waals surface area contributed by atoms with Gasteiger partial charge in [-0.2, -0.15) is 0 Å². The van der Waals surface area contributed by atoms with Crippen LogP contribution in [0.15, 0.2) is 18.2 Å². The van der Waals surface area contributed by atoms with E-state index in [1.807, 2.05) is 25.1 Å². The number of urea groups is 1. The van der Waals surface area contributed by atoms with Crippen LogP contribution in [0.3, 0.4) is 0 Å². The van der Waals surface area contributed by atoms with Crippen molar-refractivity contribution in [2.24, 2.45) is 0 Å². The standard InChI is InChI=1S/C12H17N3O/c1-2-14-12(16)15-11-7-6-8-9(11)4-3-5-10(8)13/h3-5,11H,2,6-7,13H2,1H3,(H2,14,15,16). The fraction of sp³-hybridized carbons (Fsp3) is 0.417. The number of carbonyl (C=O) groups is 1. The highest BCUT2D eigenvalue weighted by molar-refractivity contribution is 5.74. The van der Waals surface area contributed by atoms with Crippen molar-refractivity contribution in [3.8, 4) is 0 Å². The Morgan fingerprint density at radius 1 is 1.56 bits per heavy atom. The molecular weight excluding hydrogens is 202 g/mol. The molecule has 1 aromatic rings. The lowest BCUT2D eigenvalue weighted by Gasteiger charge is -2.14. The van der Waals surface area contributed by atoms with Gasteiger partial charge in [0.25, 0.3) is 0 Å². The maximum atomic E-state index is 11.4. The predicted molar refractivity (Wildman–Crippen MR) is 64.1 cm³/mol. The summed E-state index contributed by atoms with van der Waals surface area (Å²) in [5.41, 5.74) is 9.07. The van der Waals surface area contributed by atoms with E-state index in [0.29, 0.717) is 6.54 Å². The highest BCUT2D eigenvalue weighted by Gasteiger charge is 2.24. The number of nitrogens with one attached hydrogen (secondary N) is 2. The van der Waals surface area contributed by atoms with Gasteiger partial charge in [0.2, 0.25) is 0 Å². The maximum Gasteiger partial charge on any atom is 0.315 e. The minimum Gasteiger partial charge on any atom is -0.398 e. The summed E-state index contributed by atoms with van der Waals surface area (Å²) in [6.45, 7) is 2.54. The molecule has 16 heavy (non-hydrogen) atoms. The Morgan fingerprint density at radius 3 is 3.12 bits per heavy atom. The van der Waals surface area contributed by atoms with Gasteiger partial charge >= 0.3 is 6.03 Å². The molecule has 1 aromatic carbocycles. The molecule has 0 heterocycles. The van der Waals surface area contributed by atoms with Crippen LogP contribution in [0, 0.1) is 0 Å². The van der Waals surface area contributed by atoms with E-state index < -0.39 is 0 Å². The molecular formula is C12H17N3O. The third-order valence-electron chi connectivity index (χ3n) is 2.95. The second kappa shape index (κ2) is 4.43. The van der Waals surface area contributed by atoms with Gasteiger partial charge in [-0.1, -0.05) is 12.1 Å². The molecule has 1 unspecified atom stereocenters. The van der Waals surface area contributed by atoms with Gasteiger partial charge in [0, 0.05) is 12.2 Å². The summed E-state index contributed by atoms with van der Waals surface area (Å²) >= 11 is 0. The molecule has 0 saturated carbocycles. The number of benzene rings is 1. The van der Waals surface area contributed by atoms with Gasteiger partial charge in [0.15, 0.2) is 0 Å². The minimum atomic E-state index is -0.109. The molecule has 0 radical (unpaired) electrons. The number of anilines is 1. The monoisotopic (exact) mass is 219 g/mol. The Morgan fingerprint density at radius 2 is 2.38 bits per heavy atom. The molecule has 1 atom stereocenters. The number of nitrogens with two attached hydrogens (primary N) is 1. The van der Waals surface area contributed by atoms with Crippen molar-refractivity contribution in [1.29, 1.82) is 0 Å². The van der Waals surface area contributed by atoms with Crippen LogP contribution in [0.2, 0.25) is 0 Å². The molecule has 4 N–H and O–H groups in total. The van der Waals surface area contributed by atoms with E-state index in [1.165, 1.54) is 5.56 Å². The van der Waals surface area contributed by atoms with Gasteiger partial charge in [0.1, 0.15) is 0 Å². The molecule has 0 fully saturated rings. The van der Waals surface area contributed by atoms with Crippen LogP contribution in [-0.4, -0.2) is 12.6 Å². The summed E-state index contributed by atoms with van der Waals surface area (Å²) in [6.07, 6.45) is 1.87. The van der Waals surface area contributed by atoms with Crippen LogP contribution < -0.4 is 16.4 Å². The van der Waals surface area contributed by atoms with Crippen LogP contribution in [0.1, 0.15) is 30.5 Å². The van der Waals surface area contributed by atoms with Crippen molar-refractivity contribution >= 4 is 11.7 Å². The minimum absolute atomic E-state index is 0.102. The number of rotatable bonds is 2. The fourth-order valence-electron chi connectivity index (χ4n) is 2.20. The zero-order valence-electron chi connectivity index (χ0n) is 9.42. The molecule has 2 amide bonds. The molecule has 1 aliphatic rings. The lowest BCUT2D eigenvalue weighted by molar-refractivity contribution is 0.237. The van der Waals surface area contributed by atoms with Crippen molar-refractivity contribution in [3.63, 3.8) is 0 Å². The molecule has 0 aliphatic heterocycles. The largest absolute Gasteiger partial charge is 0.398 e. The van der Waals surface area contributed by atoms with Gasteiger partial charge in [-0.05, 0) is 37.0 Å². The third-order valence-corrected chi connectivity index (χ3v) is 2.95. The molecule has 2 rings (SSSR count). The lowest BCUT2D eigenvalue weighted by Crippen LogP contribution is -2.37. The Bertz CT molecular complexity index is 403. The van der Waals surface area contributed by atoms with E-state index in [2.05, 4.69) is 10.6 Å². The van der Waals surface area contributed by atoms with Crippen molar-refractivity contribution < 1.29 is 4.79 Å². The van der Waals surface area contributed by atoms with Crippen LogP contribution >= 0.6 is 0 Å². The molecule has 0 saturated heterocycles. The van der Waals surface area contributed by atoms with Gasteiger partial charge < -0.3 is 16.4 Å². The molecule has 86 valence electrons. The van der Waals surface area contributed by atoms with Crippen molar-refractivity contribution in [3.05, 3.63) is 29.3 Å². The van der Waals surface area contributed by atoms with Crippen LogP contribution in [-0.2, 0) is 6.42 Å². The van der Waals surface area contributed by atoms with Crippen LogP contribution in [0.5, 0.6) is 0 Å². The Kier molecular flexibility index (Phi) is 2.99. The zero-order chi connectivity index (χ0) is 11.5.